The van der Waals surface area contributed by atoms with Crippen molar-refractivity contribution in [1.29, 1.82) is 0 Å². The number of benzene rings is 3. The minimum atomic E-state index is -1.36. The maximum absolute atomic E-state index is 14.8. The largest absolute Gasteiger partial charge is 0.494 e. The SMILES string of the molecule is CCOc1ccc(N2CC=C[C@]3(CC)O[C@]45C=CCN(c6ccc7ccccc7c6)C(=O)C4N(CCCO)C(=O)[C@@H]5[C@@H]3C2=O)cc1. The number of anilines is 2. The van der Waals surface area contributed by atoms with E-state index in [-0.39, 0.29) is 30.9 Å². The van der Waals surface area contributed by atoms with Crippen LogP contribution in [0.2, 0.25) is 0 Å². The highest BCUT2D eigenvalue weighted by molar-refractivity contribution is 6.08. The van der Waals surface area contributed by atoms with Gasteiger partial charge in [0.1, 0.15) is 17.4 Å². The quantitative estimate of drug-likeness (QED) is 0.373. The normalized spacial score (nSPS) is 28.7. The number of carbonyl (C=O) groups excluding carboxylic acids is 3. The first-order valence-corrected chi connectivity index (χ1v) is 16.2. The molecule has 238 valence electrons. The van der Waals surface area contributed by atoms with E-state index >= 15 is 0 Å². The fourth-order valence-corrected chi connectivity index (χ4v) is 7.94. The smallest absolute Gasteiger partial charge is 0.253 e. The summed E-state index contributed by atoms with van der Waals surface area (Å²) >= 11 is 0. The summed E-state index contributed by atoms with van der Waals surface area (Å²) in [7, 11) is 0. The Kier molecular flexibility index (Phi) is 7.69. The summed E-state index contributed by atoms with van der Waals surface area (Å²) in [5.41, 5.74) is -1.03. The second kappa shape index (κ2) is 11.7. The molecule has 7 rings (SSSR count). The Labute approximate surface area is 268 Å². The number of hydrogen-bond donors (Lipinski definition) is 1. The Morgan fingerprint density at radius 1 is 0.826 bits per heavy atom. The molecule has 2 fully saturated rings. The van der Waals surface area contributed by atoms with Crippen LogP contribution in [0.15, 0.2) is 91.0 Å². The molecule has 5 atom stereocenters. The molecule has 2 saturated heterocycles. The van der Waals surface area contributed by atoms with E-state index in [0.29, 0.717) is 44.0 Å². The van der Waals surface area contributed by atoms with Crippen molar-refractivity contribution in [2.45, 2.75) is 43.9 Å². The monoisotopic (exact) mass is 621 g/mol. The lowest BCUT2D eigenvalue weighted by molar-refractivity contribution is -0.145. The van der Waals surface area contributed by atoms with E-state index in [1.807, 2.05) is 105 Å². The number of amides is 3. The predicted molar refractivity (Wildman–Crippen MR) is 176 cm³/mol. The minimum absolute atomic E-state index is 0.136. The number of nitrogens with zero attached hydrogens (tertiary/aromatic N) is 3. The summed E-state index contributed by atoms with van der Waals surface area (Å²) in [6.07, 6.45) is 8.38. The van der Waals surface area contributed by atoms with Crippen molar-refractivity contribution in [2.24, 2.45) is 11.8 Å². The van der Waals surface area contributed by atoms with E-state index in [0.717, 1.165) is 16.5 Å². The molecular formula is C37H39N3O6. The van der Waals surface area contributed by atoms with Crippen molar-refractivity contribution in [3.05, 3.63) is 91.0 Å². The lowest BCUT2D eigenvalue weighted by atomic mass is 9.73. The third-order valence-electron chi connectivity index (χ3n) is 10.0. The fourth-order valence-electron chi connectivity index (χ4n) is 7.94. The molecule has 3 aromatic carbocycles. The lowest BCUT2D eigenvalue weighted by Crippen LogP contribution is -2.56. The Morgan fingerprint density at radius 2 is 1.52 bits per heavy atom. The number of ether oxygens (including phenoxy) is 2. The summed E-state index contributed by atoms with van der Waals surface area (Å²) < 4.78 is 12.7. The standard InChI is InChI=1S/C37H39N3O6/c1-3-36-18-7-20-38(27-14-16-29(17-15-27)45-4-2)33(42)30(36)31-34(43)40(22-9-23-41)32-35(44)39(21-8-19-37(31,32)46-36)28-13-12-25-10-5-6-11-26(25)24-28/h5-8,10-19,24,30-32,41H,3-4,9,20-23H2,1-2H3/t30-,31+,32?,36+,37+/m1/s1. The van der Waals surface area contributed by atoms with Crippen molar-refractivity contribution < 1.29 is 29.0 Å². The summed E-state index contributed by atoms with van der Waals surface area (Å²) in [5, 5.41) is 11.8. The zero-order valence-corrected chi connectivity index (χ0v) is 26.2. The summed E-state index contributed by atoms with van der Waals surface area (Å²) in [6, 6.07) is 20.2. The van der Waals surface area contributed by atoms with Crippen LogP contribution in [0, 0.1) is 11.8 Å². The molecule has 0 radical (unpaired) electrons. The number of rotatable bonds is 8. The molecule has 0 aliphatic carbocycles. The first kappa shape index (κ1) is 30.2. The molecular weight excluding hydrogens is 582 g/mol. The van der Waals surface area contributed by atoms with E-state index in [2.05, 4.69) is 0 Å². The molecule has 9 nitrogen and oxygen atoms in total. The van der Waals surface area contributed by atoms with Gasteiger partial charge in [-0.1, -0.05) is 61.6 Å². The van der Waals surface area contributed by atoms with Gasteiger partial charge in [0.05, 0.1) is 24.0 Å². The van der Waals surface area contributed by atoms with Crippen LogP contribution in [0.3, 0.4) is 0 Å². The number of aliphatic hydroxyl groups excluding tert-OH is 1. The zero-order valence-electron chi connectivity index (χ0n) is 26.2. The van der Waals surface area contributed by atoms with Gasteiger partial charge in [0, 0.05) is 37.6 Å². The summed E-state index contributed by atoms with van der Waals surface area (Å²) in [6.45, 7) is 5.06. The van der Waals surface area contributed by atoms with Crippen LogP contribution < -0.4 is 14.5 Å². The van der Waals surface area contributed by atoms with Crippen LogP contribution in [0.1, 0.15) is 26.7 Å². The molecule has 4 aliphatic rings. The molecule has 1 spiro atoms. The summed E-state index contributed by atoms with van der Waals surface area (Å²) in [4.78, 5) is 49.0. The van der Waals surface area contributed by atoms with E-state index < -0.39 is 29.1 Å². The highest BCUT2D eigenvalue weighted by Crippen LogP contribution is 2.59. The van der Waals surface area contributed by atoms with Crippen molar-refractivity contribution in [2.75, 3.05) is 42.6 Å². The van der Waals surface area contributed by atoms with Crippen molar-refractivity contribution in [3.63, 3.8) is 0 Å². The highest BCUT2D eigenvalue weighted by Gasteiger charge is 2.75. The molecule has 0 aromatic heterocycles. The van der Waals surface area contributed by atoms with Gasteiger partial charge in [-0.15, -0.1) is 0 Å². The Hall–Kier alpha value is -4.47. The van der Waals surface area contributed by atoms with E-state index in [4.69, 9.17) is 9.47 Å². The maximum Gasteiger partial charge on any atom is 0.253 e. The van der Waals surface area contributed by atoms with Crippen LogP contribution in [-0.4, -0.2) is 77.8 Å². The number of carbonyl (C=O) groups is 3. The van der Waals surface area contributed by atoms with Gasteiger partial charge in [-0.25, -0.2) is 0 Å². The molecule has 3 aromatic rings. The number of aliphatic hydroxyl groups is 1. The summed E-state index contributed by atoms with van der Waals surface area (Å²) in [5.74, 6) is -1.86. The molecule has 0 saturated carbocycles. The van der Waals surface area contributed by atoms with Crippen molar-refractivity contribution in [3.8, 4) is 5.75 Å². The second-order valence-corrected chi connectivity index (χ2v) is 12.4. The molecule has 0 bridgehead atoms. The van der Waals surface area contributed by atoms with E-state index in [1.54, 1.807) is 14.7 Å². The number of fused-ring (bicyclic) bond motifs is 3. The van der Waals surface area contributed by atoms with Gasteiger partial charge in [0.2, 0.25) is 11.8 Å². The Balaban J connectivity index is 1.31. The van der Waals surface area contributed by atoms with Crippen LogP contribution in [0.4, 0.5) is 11.4 Å². The van der Waals surface area contributed by atoms with Gasteiger partial charge in [-0.2, -0.15) is 0 Å². The van der Waals surface area contributed by atoms with Gasteiger partial charge in [-0.05, 0) is 66.9 Å². The number of hydrogen-bond acceptors (Lipinski definition) is 6. The third-order valence-corrected chi connectivity index (χ3v) is 10.0. The maximum atomic E-state index is 14.8. The van der Waals surface area contributed by atoms with Crippen LogP contribution in [-0.2, 0) is 19.1 Å². The van der Waals surface area contributed by atoms with E-state index in [1.165, 1.54) is 0 Å². The highest BCUT2D eigenvalue weighted by atomic mass is 16.5. The fraction of sp³-hybridized carbons (Fsp3) is 0.378. The van der Waals surface area contributed by atoms with Crippen molar-refractivity contribution in [1.82, 2.24) is 4.90 Å². The zero-order chi connectivity index (χ0) is 32.1. The number of likely N-dealkylation sites (tertiary alicyclic amines) is 1. The van der Waals surface area contributed by atoms with Gasteiger partial charge >= 0.3 is 0 Å². The molecule has 9 heteroatoms. The molecule has 46 heavy (non-hydrogen) atoms. The molecule has 1 N–H and O–H groups in total. The minimum Gasteiger partial charge on any atom is -0.494 e. The van der Waals surface area contributed by atoms with Gasteiger partial charge in [0.25, 0.3) is 5.91 Å². The van der Waals surface area contributed by atoms with Crippen LogP contribution in [0.5, 0.6) is 5.75 Å². The van der Waals surface area contributed by atoms with Crippen LogP contribution >= 0.6 is 0 Å². The average molecular weight is 622 g/mol. The lowest BCUT2D eigenvalue weighted by Gasteiger charge is -2.38. The molecule has 1 unspecified atom stereocenters. The molecule has 4 heterocycles. The second-order valence-electron chi connectivity index (χ2n) is 12.4. The topological polar surface area (TPSA) is 99.6 Å². The first-order valence-electron chi connectivity index (χ1n) is 16.2. The molecule has 3 amide bonds. The molecule has 4 aliphatic heterocycles. The third kappa shape index (κ3) is 4.55. The van der Waals surface area contributed by atoms with Gasteiger partial charge in [0.15, 0.2) is 0 Å². The van der Waals surface area contributed by atoms with Gasteiger partial charge in [-0.3, -0.25) is 14.4 Å². The Morgan fingerprint density at radius 3 is 2.24 bits per heavy atom. The van der Waals surface area contributed by atoms with E-state index in [9.17, 15) is 19.5 Å². The van der Waals surface area contributed by atoms with Crippen LogP contribution in [0.25, 0.3) is 10.8 Å². The average Bonchev–Trinajstić information content (AvgIpc) is 3.36. The first-order chi connectivity index (χ1) is 22.4. The predicted octanol–water partition coefficient (Wildman–Crippen LogP) is 4.49. The van der Waals surface area contributed by atoms with Crippen molar-refractivity contribution >= 4 is 39.9 Å². The van der Waals surface area contributed by atoms with Gasteiger partial charge < -0.3 is 29.3 Å². The Bertz CT molecular complexity index is 1740.